The predicted molar refractivity (Wildman–Crippen MR) is 83.0 cm³/mol. The fourth-order valence-electron chi connectivity index (χ4n) is 3.89. The molecule has 0 spiro atoms. The van der Waals surface area contributed by atoms with Gasteiger partial charge < -0.3 is 15.4 Å². The van der Waals surface area contributed by atoms with Crippen LogP contribution in [0.15, 0.2) is 6.33 Å². The molecule has 6 nitrogen and oxygen atoms in total. The van der Waals surface area contributed by atoms with E-state index in [1.54, 1.807) is 6.33 Å². The zero-order valence-electron chi connectivity index (χ0n) is 12.7. The topological polar surface area (TPSA) is 87.3 Å². The lowest BCUT2D eigenvalue weighted by Gasteiger charge is -2.48. The van der Waals surface area contributed by atoms with Crippen LogP contribution in [-0.4, -0.2) is 33.8 Å². The third-order valence-corrected chi connectivity index (χ3v) is 5.14. The maximum atomic E-state index is 10.8. The van der Waals surface area contributed by atoms with Gasteiger partial charge in [-0.15, -0.1) is 0 Å². The van der Waals surface area contributed by atoms with Gasteiger partial charge >= 0.3 is 0 Å². The fourth-order valence-corrected chi connectivity index (χ4v) is 3.89. The summed E-state index contributed by atoms with van der Waals surface area (Å²) in [6, 6.07) is 0. The molecule has 3 rings (SSSR count). The molecule has 21 heavy (non-hydrogen) atoms. The Balaban J connectivity index is 1.85. The van der Waals surface area contributed by atoms with Crippen molar-refractivity contribution in [3.8, 4) is 0 Å². The van der Waals surface area contributed by atoms with Crippen LogP contribution >= 0.6 is 0 Å². The predicted octanol–water partition coefficient (Wildman–Crippen LogP) is 1.46. The lowest BCUT2D eigenvalue weighted by atomic mass is 9.71. The number of nitrogen functional groups attached to an aromatic ring is 1. The minimum Gasteiger partial charge on any atom is -0.389 e. The average Bonchev–Trinajstić information content (AvgIpc) is 2.53. The molecule has 1 aromatic rings. The second kappa shape index (κ2) is 5.77. The van der Waals surface area contributed by atoms with E-state index in [-0.39, 0.29) is 0 Å². The molecule has 1 aliphatic heterocycles. The largest absolute Gasteiger partial charge is 0.389 e. The number of hydrazine groups is 1. The van der Waals surface area contributed by atoms with Crippen LogP contribution in [0.25, 0.3) is 0 Å². The summed E-state index contributed by atoms with van der Waals surface area (Å²) in [5, 5.41) is 10.8. The van der Waals surface area contributed by atoms with Crippen molar-refractivity contribution in [3.63, 3.8) is 0 Å². The molecule has 2 aliphatic rings. The van der Waals surface area contributed by atoms with Gasteiger partial charge in [-0.25, -0.2) is 15.8 Å². The highest BCUT2D eigenvalue weighted by atomic mass is 16.3. The number of hydrogen-bond acceptors (Lipinski definition) is 6. The second-order valence-electron chi connectivity index (χ2n) is 6.26. The molecule has 1 saturated carbocycles. The van der Waals surface area contributed by atoms with E-state index in [1.807, 2.05) is 0 Å². The molecular formula is C15H25N5O. The number of rotatable bonds is 3. The van der Waals surface area contributed by atoms with Gasteiger partial charge in [0.25, 0.3) is 0 Å². The zero-order valence-corrected chi connectivity index (χ0v) is 12.7. The summed E-state index contributed by atoms with van der Waals surface area (Å²) in [6.07, 6.45) is 7.67. The Kier molecular flexibility index (Phi) is 3.99. The first kappa shape index (κ1) is 14.5. The molecule has 2 heterocycles. The number of nitrogens with one attached hydrogen (secondary N) is 1. The van der Waals surface area contributed by atoms with Gasteiger partial charge in [-0.1, -0.05) is 19.8 Å². The van der Waals surface area contributed by atoms with E-state index in [0.717, 1.165) is 56.6 Å². The minimum atomic E-state index is -0.455. The molecule has 0 radical (unpaired) electrons. The van der Waals surface area contributed by atoms with Gasteiger partial charge in [-0.2, -0.15) is 0 Å². The Labute approximate surface area is 125 Å². The number of nitrogens with zero attached hydrogens (tertiary/aromatic N) is 3. The lowest BCUT2D eigenvalue weighted by molar-refractivity contribution is -0.0613. The highest BCUT2D eigenvalue weighted by Gasteiger charge is 2.43. The average molecular weight is 291 g/mol. The van der Waals surface area contributed by atoms with Crippen LogP contribution < -0.4 is 16.2 Å². The molecule has 0 amide bonds. The Morgan fingerprint density at radius 1 is 1.43 bits per heavy atom. The van der Waals surface area contributed by atoms with Crippen molar-refractivity contribution in [3.05, 3.63) is 11.9 Å². The van der Waals surface area contributed by atoms with Crippen molar-refractivity contribution in [1.29, 1.82) is 0 Å². The third kappa shape index (κ3) is 2.58. The van der Waals surface area contributed by atoms with E-state index in [9.17, 15) is 5.11 Å². The van der Waals surface area contributed by atoms with Gasteiger partial charge in [0.15, 0.2) is 0 Å². The molecular weight excluding hydrogens is 266 g/mol. The molecule has 2 fully saturated rings. The van der Waals surface area contributed by atoms with Crippen LogP contribution in [0.2, 0.25) is 0 Å². The van der Waals surface area contributed by atoms with Crippen molar-refractivity contribution in [1.82, 2.24) is 9.97 Å². The summed E-state index contributed by atoms with van der Waals surface area (Å²) < 4.78 is 0. The summed E-state index contributed by atoms with van der Waals surface area (Å²) in [4.78, 5) is 11.0. The molecule has 0 bridgehead atoms. The van der Waals surface area contributed by atoms with Crippen molar-refractivity contribution in [2.75, 3.05) is 23.4 Å². The number of aromatic nitrogens is 2. The zero-order chi connectivity index (χ0) is 14.9. The first-order chi connectivity index (χ1) is 10.2. The van der Waals surface area contributed by atoms with E-state index in [0.29, 0.717) is 11.7 Å². The first-order valence-electron chi connectivity index (χ1n) is 7.95. The van der Waals surface area contributed by atoms with Gasteiger partial charge in [-0.3, -0.25) is 0 Å². The Hall–Kier alpha value is -1.40. The summed E-state index contributed by atoms with van der Waals surface area (Å²) in [5.74, 6) is 7.58. The molecule has 6 heteroatoms. The van der Waals surface area contributed by atoms with Gasteiger partial charge in [0.2, 0.25) is 0 Å². The molecule has 1 saturated heterocycles. The maximum absolute atomic E-state index is 10.8. The third-order valence-electron chi connectivity index (χ3n) is 5.14. The molecule has 116 valence electrons. The van der Waals surface area contributed by atoms with E-state index >= 15 is 0 Å². The molecule has 4 N–H and O–H groups in total. The number of aliphatic hydroxyl groups is 1. The molecule has 1 aliphatic carbocycles. The Bertz CT molecular complexity index is 509. The van der Waals surface area contributed by atoms with E-state index in [2.05, 4.69) is 27.2 Å². The minimum absolute atomic E-state index is 0.356. The second-order valence-corrected chi connectivity index (χ2v) is 6.26. The number of anilines is 2. The summed E-state index contributed by atoms with van der Waals surface area (Å²) in [5.41, 5.74) is 3.26. The van der Waals surface area contributed by atoms with E-state index in [1.165, 1.54) is 6.42 Å². The normalized spacial score (nSPS) is 29.1. The monoisotopic (exact) mass is 291 g/mol. The van der Waals surface area contributed by atoms with Crippen LogP contribution in [0.1, 0.15) is 44.6 Å². The molecule has 2 atom stereocenters. The van der Waals surface area contributed by atoms with E-state index < -0.39 is 5.60 Å². The maximum Gasteiger partial charge on any atom is 0.148 e. The summed E-state index contributed by atoms with van der Waals surface area (Å²) in [7, 11) is 0. The fraction of sp³-hybridized carbons (Fsp3) is 0.733. The number of fused-ring (bicyclic) bond motifs is 1. The van der Waals surface area contributed by atoms with Crippen molar-refractivity contribution in [2.24, 2.45) is 11.8 Å². The van der Waals surface area contributed by atoms with E-state index in [4.69, 9.17) is 5.84 Å². The summed E-state index contributed by atoms with van der Waals surface area (Å²) >= 11 is 0. The van der Waals surface area contributed by atoms with Crippen LogP contribution in [0, 0.1) is 5.92 Å². The van der Waals surface area contributed by atoms with Gasteiger partial charge in [-0.05, 0) is 25.7 Å². The van der Waals surface area contributed by atoms with Gasteiger partial charge in [0, 0.05) is 24.6 Å². The van der Waals surface area contributed by atoms with Crippen LogP contribution in [0.4, 0.5) is 11.6 Å². The lowest BCUT2D eigenvalue weighted by Crippen LogP contribution is -2.53. The standard InChI is InChI=1S/C15H25N5O/c1-2-12-13(19-16)17-10-18-14(12)20-8-7-15(21)6-4-3-5-11(15)9-20/h10-11,21H,2-9,16H2,1H3,(H,17,18,19). The highest BCUT2D eigenvalue weighted by molar-refractivity contribution is 5.58. The Morgan fingerprint density at radius 2 is 2.29 bits per heavy atom. The van der Waals surface area contributed by atoms with Gasteiger partial charge in [0.05, 0.1) is 5.60 Å². The SMILES string of the molecule is CCc1c(NN)ncnc1N1CCC2(O)CCCCC2C1. The van der Waals surface area contributed by atoms with Gasteiger partial charge in [0.1, 0.15) is 18.0 Å². The highest BCUT2D eigenvalue weighted by Crippen LogP contribution is 2.41. The van der Waals surface area contributed by atoms with Crippen LogP contribution in [0.3, 0.4) is 0 Å². The summed E-state index contributed by atoms with van der Waals surface area (Å²) in [6.45, 7) is 3.81. The van der Waals surface area contributed by atoms with Crippen molar-refractivity contribution >= 4 is 11.6 Å². The number of hydrogen-bond donors (Lipinski definition) is 3. The van der Waals surface area contributed by atoms with Crippen LogP contribution in [0.5, 0.6) is 0 Å². The Morgan fingerprint density at radius 3 is 3.05 bits per heavy atom. The smallest absolute Gasteiger partial charge is 0.148 e. The first-order valence-corrected chi connectivity index (χ1v) is 7.95. The van der Waals surface area contributed by atoms with Crippen LogP contribution in [-0.2, 0) is 6.42 Å². The van der Waals surface area contributed by atoms with Crippen molar-refractivity contribution < 1.29 is 5.11 Å². The van der Waals surface area contributed by atoms with Crippen molar-refractivity contribution in [2.45, 2.75) is 51.0 Å². The number of nitrogens with two attached hydrogens (primary N) is 1. The number of piperidine rings is 1. The molecule has 1 aromatic heterocycles. The molecule has 0 aromatic carbocycles. The quantitative estimate of drug-likeness (QED) is 0.577. The molecule has 2 unspecified atom stereocenters.